The van der Waals surface area contributed by atoms with Crippen LogP contribution in [0.1, 0.15) is 25.8 Å². The SMILES string of the molecule is CC[C@@H](CO)N(Cc1ccccc1)C(=O)[C@H](C)Sc1ccc([N+](=O)[O-])cc1. The number of nitro benzene ring substituents is 1. The van der Waals surface area contributed by atoms with Gasteiger partial charge in [-0.15, -0.1) is 11.8 Å². The van der Waals surface area contributed by atoms with E-state index >= 15 is 0 Å². The van der Waals surface area contributed by atoms with Crippen molar-refractivity contribution in [2.24, 2.45) is 0 Å². The van der Waals surface area contributed by atoms with E-state index in [-0.39, 0.29) is 29.5 Å². The van der Waals surface area contributed by atoms with Gasteiger partial charge >= 0.3 is 0 Å². The monoisotopic (exact) mass is 388 g/mol. The number of hydrogen-bond acceptors (Lipinski definition) is 5. The lowest BCUT2D eigenvalue weighted by molar-refractivity contribution is -0.384. The molecular weight excluding hydrogens is 364 g/mol. The number of nitro groups is 1. The van der Waals surface area contributed by atoms with Crippen LogP contribution in [0.5, 0.6) is 0 Å². The Labute approximate surface area is 163 Å². The van der Waals surface area contributed by atoms with Gasteiger partial charge in [-0.25, -0.2) is 0 Å². The Morgan fingerprint density at radius 2 is 1.81 bits per heavy atom. The topological polar surface area (TPSA) is 83.7 Å². The Balaban J connectivity index is 2.13. The number of nitrogens with zero attached hydrogens (tertiary/aromatic N) is 2. The smallest absolute Gasteiger partial charge is 0.269 e. The molecule has 7 heteroatoms. The minimum Gasteiger partial charge on any atom is -0.394 e. The van der Waals surface area contributed by atoms with Gasteiger partial charge in [-0.05, 0) is 31.0 Å². The summed E-state index contributed by atoms with van der Waals surface area (Å²) in [6.07, 6.45) is 0.657. The second-order valence-corrected chi connectivity index (χ2v) is 7.62. The Morgan fingerprint density at radius 3 is 2.33 bits per heavy atom. The third-order valence-corrected chi connectivity index (χ3v) is 5.41. The third kappa shape index (κ3) is 5.80. The first-order chi connectivity index (χ1) is 13.0. The van der Waals surface area contributed by atoms with Gasteiger partial charge in [0.15, 0.2) is 0 Å². The van der Waals surface area contributed by atoms with Crippen LogP contribution in [0.3, 0.4) is 0 Å². The molecule has 2 rings (SSSR count). The van der Waals surface area contributed by atoms with E-state index < -0.39 is 4.92 Å². The van der Waals surface area contributed by atoms with Gasteiger partial charge in [0.1, 0.15) is 0 Å². The summed E-state index contributed by atoms with van der Waals surface area (Å²) in [5.41, 5.74) is 1.03. The number of carbonyl (C=O) groups excluding carboxylic acids is 1. The summed E-state index contributed by atoms with van der Waals surface area (Å²) in [6.45, 7) is 4.10. The predicted molar refractivity (Wildman–Crippen MR) is 107 cm³/mol. The normalized spacial score (nSPS) is 13.0. The number of benzene rings is 2. The largest absolute Gasteiger partial charge is 0.394 e. The highest BCUT2D eigenvalue weighted by molar-refractivity contribution is 8.00. The maximum atomic E-state index is 13.1. The number of thioether (sulfide) groups is 1. The molecule has 144 valence electrons. The number of aliphatic hydroxyl groups is 1. The Kier molecular flexibility index (Phi) is 7.82. The molecular formula is C20H24N2O4S. The van der Waals surface area contributed by atoms with Crippen LogP contribution in [-0.2, 0) is 11.3 Å². The number of non-ortho nitro benzene ring substituents is 1. The van der Waals surface area contributed by atoms with Gasteiger partial charge < -0.3 is 10.0 Å². The van der Waals surface area contributed by atoms with Crippen LogP contribution in [0.4, 0.5) is 5.69 Å². The fraction of sp³-hybridized carbons (Fsp3) is 0.350. The molecule has 0 radical (unpaired) electrons. The van der Waals surface area contributed by atoms with Gasteiger partial charge in [-0.3, -0.25) is 14.9 Å². The van der Waals surface area contributed by atoms with E-state index in [1.807, 2.05) is 44.2 Å². The van der Waals surface area contributed by atoms with E-state index in [2.05, 4.69) is 0 Å². The van der Waals surface area contributed by atoms with Gasteiger partial charge in [0, 0.05) is 23.6 Å². The number of rotatable bonds is 9. The Morgan fingerprint density at radius 1 is 1.19 bits per heavy atom. The fourth-order valence-corrected chi connectivity index (χ4v) is 3.69. The first-order valence-corrected chi connectivity index (χ1v) is 9.70. The zero-order valence-corrected chi connectivity index (χ0v) is 16.3. The highest BCUT2D eigenvalue weighted by atomic mass is 32.2. The maximum Gasteiger partial charge on any atom is 0.269 e. The molecule has 1 amide bonds. The second-order valence-electron chi connectivity index (χ2n) is 6.21. The van der Waals surface area contributed by atoms with Crippen molar-refractivity contribution >= 4 is 23.4 Å². The Bertz CT molecular complexity index is 748. The van der Waals surface area contributed by atoms with Crippen molar-refractivity contribution in [3.8, 4) is 0 Å². The molecule has 0 saturated heterocycles. The second kappa shape index (κ2) is 10.1. The molecule has 2 aromatic carbocycles. The Hall–Kier alpha value is -2.38. The molecule has 1 N–H and O–H groups in total. The van der Waals surface area contributed by atoms with E-state index in [9.17, 15) is 20.0 Å². The minimum absolute atomic E-state index is 0.0235. The molecule has 0 aliphatic heterocycles. The van der Waals surface area contributed by atoms with E-state index in [1.165, 1.54) is 23.9 Å². The van der Waals surface area contributed by atoms with Gasteiger partial charge in [0.05, 0.1) is 22.8 Å². The van der Waals surface area contributed by atoms with Crippen molar-refractivity contribution in [3.63, 3.8) is 0 Å². The molecule has 27 heavy (non-hydrogen) atoms. The molecule has 0 unspecified atom stereocenters. The molecule has 0 bridgehead atoms. The molecule has 6 nitrogen and oxygen atoms in total. The summed E-state index contributed by atoms with van der Waals surface area (Å²) in [5.74, 6) is -0.0666. The lowest BCUT2D eigenvalue weighted by Gasteiger charge is -2.32. The van der Waals surface area contributed by atoms with Crippen LogP contribution >= 0.6 is 11.8 Å². The average Bonchev–Trinajstić information content (AvgIpc) is 2.68. The van der Waals surface area contributed by atoms with Gasteiger partial charge in [-0.2, -0.15) is 0 Å². The van der Waals surface area contributed by atoms with E-state index in [4.69, 9.17) is 0 Å². The van der Waals surface area contributed by atoms with E-state index in [1.54, 1.807) is 17.0 Å². The number of carbonyl (C=O) groups is 1. The van der Waals surface area contributed by atoms with Crippen LogP contribution in [0.2, 0.25) is 0 Å². The predicted octanol–water partition coefficient (Wildman–Crippen LogP) is 3.88. The summed E-state index contributed by atoms with van der Waals surface area (Å²) in [6, 6.07) is 15.6. The van der Waals surface area contributed by atoms with Gasteiger partial charge in [0.25, 0.3) is 5.69 Å². The van der Waals surface area contributed by atoms with Crippen LogP contribution in [-0.4, -0.2) is 38.7 Å². The number of amides is 1. The summed E-state index contributed by atoms with van der Waals surface area (Å²) in [4.78, 5) is 25.9. The van der Waals surface area contributed by atoms with Crippen molar-refractivity contribution in [1.82, 2.24) is 4.90 Å². The van der Waals surface area contributed by atoms with Crippen molar-refractivity contribution in [2.45, 2.75) is 43.0 Å². The number of aliphatic hydroxyl groups excluding tert-OH is 1. The molecule has 0 aliphatic rings. The van der Waals surface area contributed by atoms with Crippen LogP contribution < -0.4 is 0 Å². The maximum absolute atomic E-state index is 13.1. The summed E-state index contributed by atoms with van der Waals surface area (Å²) >= 11 is 1.35. The summed E-state index contributed by atoms with van der Waals surface area (Å²) in [5, 5.41) is 20.1. The van der Waals surface area contributed by atoms with E-state index in [0.717, 1.165) is 10.5 Å². The molecule has 0 fully saturated rings. The quantitative estimate of drug-likeness (QED) is 0.400. The van der Waals surface area contributed by atoms with Crippen molar-refractivity contribution in [2.75, 3.05) is 6.61 Å². The van der Waals surface area contributed by atoms with Crippen LogP contribution in [0, 0.1) is 10.1 Å². The zero-order chi connectivity index (χ0) is 19.8. The minimum atomic E-state index is -0.447. The molecule has 0 aliphatic carbocycles. The zero-order valence-electron chi connectivity index (χ0n) is 15.4. The molecule has 2 aromatic rings. The molecule has 0 spiro atoms. The highest BCUT2D eigenvalue weighted by Gasteiger charge is 2.27. The third-order valence-electron chi connectivity index (χ3n) is 4.31. The first kappa shape index (κ1) is 20.9. The number of hydrogen-bond donors (Lipinski definition) is 1. The van der Waals surface area contributed by atoms with Gasteiger partial charge in [-0.1, -0.05) is 37.3 Å². The lowest BCUT2D eigenvalue weighted by Crippen LogP contribution is -2.45. The van der Waals surface area contributed by atoms with Crippen LogP contribution in [0.15, 0.2) is 59.5 Å². The highest BCUT2D eigenvalue weighted by Crippen LogP contribution is 2.27. The van der Waals surface area contributed by atoms with E-state index in [0.29, 0.717) is 13.0 Å². The average molecular weight is 388 g/mol. The van der Waals surface area contributed by atoms with Gasteiger partial charge in [0.2, 0.25) is 5.91 Å². The van der Waals surface area contributed by atoms with Crippen LogP contribution in [0.25, 0.3) is 0 Å². The molecule has 2 atom stereocenters. The molecule has 0 heterocycles. The first-order valence-electron chi connectivity index (χ1n) is 8.82. The molecule has 0 saturated carbocycles. The fourth-order valence-electron chi connectivity index (χ4n) is 2.75. The van der Waals surface area contributed by atoms with Crippen molar-refractivity contribution in [3.05, 3.63) is 70.3 Å². The lowest BCUT2D eigenvalue weighted by atomic mass is 10.1. The standard InChI is InChI=1S/C20H24N2O4S/c1-3-17(14-23)21(13-16-7-5-4-6-8-16)20(24)15(2)27-19-11-9-18(10-12-19)22(25)26/h4-12,15,17,23H,3,13-14H2,1-2H3/t15-,17-/m0/s1. The van der Waals surface area contributed by atoms with Crippen molar-refractivity contribution in [1.29, 1.82) is 0 Å². The molecule has 0 aromatic heterocycles. The summed E-state index contributed by atoms with van der Waals surface area (Å²) in [7, 11) is 0. The van der Waals surface area contributed by atoms with Crippen molar-refractivity contribution < 1.29 is 14.8 Å². The summed E-state index contributed by atoms with van der Waals surface area (Å²) < 4.78 is 0.